The van der Waals surface area contributed by atoms with Crippen LogP contribution in [-0.2, 0) is 12.8 Å². The molecule has 2 heterocycles. The van der Waals surface area contributed by atoms with Gasteiger partial charge in [-0.15, -0.1) is 0 Å². The maximum absolute atomic E-state index is 6.34. The molecule has 1 aliphatic rings. The number of hydrogen-bond donors (Lipinski definition) is 2. The van der Waals surface area contributed by atoms with E-state index in [2.05, 4.69) is 20.5 Å². The lowest BCUT2D eigenvalue weighted by Crippen LogP contribution is -2.08. The molecule has 7 heteroatoms. The molecule has 0 saturated carbocycles. The van der Waals surface area contributed by atoms with E-state index < -0.39 is 0 Å². The Labute approximate surface area is 152 Å². The average Bonchev–Trinajstić information content (AvgIpc) is 2.98. The zero-order valence-electron chi connectivity index (χ0n) is 13.1. The Morgan fingerprint density at radius 3 is 2.68 bits per heavy atom. The van der Waals surface area contributed by atoms with Crippen LogP contribution in [0.3, 0.4) is 0 Å². The van der Waals surface area contributed by atoms with Crippen molar-refractivity contribution in [2.75, 3.05) is 5.32 Å². The van der Waals surface area contributed by atoms with Crippen LogP contribution in [0.2, 0.25) is 5.02 Å². The normalized spacial score (nSPS) is 13.5. The molecule has 0 bridgehead atoms. The predicted octanol–water partition coefficient (Wildman–Crippen LogP) is 4.56. The molecular weight excluding hydrogens is 336 g/mol. The van der Waals surface area contributed by atoms with Crippen LogP contribution in [-0.4, -0.2) is 25.1 Å². The van der Waals surface area contributed by atoms with Gasteiger partial charge >= 0.3 is 0 Å². The average molecular weight is 357 g/mol. The number of nitrogens with one attached hydrogen (secondary N) is 2. The van der Waals surface area contributed by atoms with E-state index in [0.29, 0.717) is 16.8 Å². The molecule has 130 valence electrons. The highest BCUT2D eigenvalue weighted by molar-refractivity contribution is 6.33. The quantitative estimate of drug-likeness (QED) is 0.672. The van der Waals surface area contributed by atoms with E-state index in [1.54, 1.807) is 0 Å². The number of anilines is 2. The molecule has 0 unspecified atom stereocenters. The van der Waals surface area contributed by atoms with Gasteiger partial charge in [-0.1, -0.05) is 37.6 Å². The summed E-state index contributed by atoms with van der Waals surface area (Å²) in [7, 11) is 0. The topological polar surface area (TPSA) is 79.4 Å². The van der Waals surface area contributed by atoms with Crippen LogP contribution < -0.4 is 5.32 Å². The van der Waals surface area contributed by atoms with Crippen molar-refractivity contribution in [2.24, 2.45) is 0 Å². The first-order valence-electron chi connectivity index (χ1n) is 8.08. The zero-order chi connectivity index (χ0) is 16.4. The van der Waals surface area contributed by atoms with E-state index in [1.165, 1.54) is 18.3 Å². The smallest absolute Gasteiger partial charge is 0.224 e. The summed E-state index contributed by atoms with van der Waals surface area (Å²) in [5.41, 5.74) is 3.10. The summed E-state index contributed by atoms with van der Waals surface area (Å²) in [5.74, 6) is 2.00. The van der Waals surface area contributed by atoms with Crippen LogP contribution >= 0.6 is 11.6 Å². The van der Waals surface area contributed by atoms with E-state index in [-0.39, 0.29) is 7.43 Å². The van der Waals surface area contributed by atoms with Crippen molar-refractivity contribution < 1.29 is 0 Å². The van der Waals surface area contributed by atoms with Crippen molar-refractivity contribution in [1.29, 1.82) is 0 Å². The largest absolute Gasteiger partial charge is 0.309 e. The maximum Gasteiger partial charge on any atom is 0.224 e. The highest BCUT2D eigenvalue weighted by Crippen LogP contribution is 2.31. The maximum atomic E-state index is 6.34. The highest BCUT2D eigenvalue weighted by Gasteiger charge is 2.19. The number of aryl methyl sites for hydroxylation is 1. The minimum absolute atomic E-state index is 0. The molecule has 2 aromatic heterocycles. The van der Waals surface area contributed by atoms with Gasteiger partial charge in [-0.25, -0.2) is 15.1 Å². The van der Waals surface area contributed by atoms with Gasteiger partial charge in [0.05, 0.1) is 5.02 Å². The number of halogens is 1. The summed E-state index contributed by atoms with van der Waals surface area (Å²) >= 11 is 6.34. The lowest BCUT2D eigenvalue weighted by atomic mass is 10.1. The fourth-order valence-corrected chi connectivity index (χ4v) is 3.24. The molecule has 0 fully saturated rings. The standard InChI is InChI=1S/C17H17ClN6.CH4/c18-13-8-5-4-6-11(13)15-21-14-9-3-1-2-7-12(14)16(22-15)23-17-19-10-20-24-17;/h4-6,8,10H,1-3,7,9H2,(H2,19,20,21,22,23,24);1H4. The van der Waals surface area contributed by atoms with E-state index in [0.717, 1.165) is 42.8 Å². The van der Waals surface area contributed by atoms with Crippen LogP contribution in [0.4, 0.5) is 11.8 Å². The van der Waals surface area contributed by atoms with Crippen LogP contribution in [0.25, 0.3) is 11.4 Å². The first-order chi connectivity index (χ1) is 11.8. The van der Waals surface area contributed by atoms with Gasteiger partial charge in [0, 0.05) is 16.8 Å². The molecule has 0 atom stereocenters. The molecule has 0 aliphatic heterocycles. The third kappa shape index (κ3) is 3.64. The van der Waals surface area contributed by atoms with Crippen molar-refractivity contribution in [3.8, 4) is 11.4 Å². The van der Waals surface area contributed by atoms with E-state index >= 15 is 0 Å². The van der Waals surface area contributed by atoms with Gasteiger partial charge in [-0.3, -0.25) is 0 Å². The van der Waals surface area contributed by atoms with Gasteiger partial charge in [0.2, 0.25) is 5.95 Å². The number of rotatable bonds is 3. The minimum atomic E-state index is 0. The highest BCUT2D eigenvalue weighted by atomic mass is 35.5. The Morgan fingerprint density at radius 2 is 1.88 bits per heavy atom. The number of hydrogen-bond acceptors (Lipinski definition) is 5. The number of benzene rings is 1. The molecular formula is C18H21ClN6. The fourth-order valence-electron chi connectivity index (χ4n) is 3.02. The Hall–Kier alpha value is -2.47. The van der Waals surface area contributed by atoms with Crippen molar-refractivity contribution in [2.45, 2.75) is 39.5 Å². The second kappa shape index (κ2) is 7.61. The molecule has 0 spiro atoms. The molecule has 25 heavy (non-hydrogen) atoms. The van der Waals surface area contributed by atoms with Crippen molar-refractivity contribution >= 4 is 23.4 Å². The second-order valence-corrected chi connectivity index (χ2v) is 6.23. The number of aromatic nitrogens is 5. The summed E-state index contributed by atoms with van der Waals surface area (Å²) in [4.78, 5) is 13.7. The first kappa shape index (κ1) is 17.4. The van der Waals surface area contributed by atoms with Gasteiger partial charge in [0.1, 0.15) is 12.1 Å². The van der Waals surface area contributed by atoms with Crippen LogP contribution in [0.1, 0.15) is 37.9 Å². The van der Waals surface area contributed by atoms with E-state index in [9.17, 15) is 0 Å². The monoisotopic (exact) mass is 356 g/mol. The third-order valence-corrected chi connectivity index (χ3v) is 4.53. The predicted molar refractivity (Wildman–Crippen MR) is 100 cm³/mol. The lowest BCUT2D eigenvalue weighted by molar-refractivity contribution is 0.709. The van der Waals surface area contributed by atoms with Crippen LogP contribution in [0.5, 0.6) is 0 Å². The Bertz CT molecular complexity index is 847. The van der Waals surface area contributed by atoms with Gasteiger partial charge in [-0.05, 0) is 37.8 Å². The Morgan fingerprint density at radius 1 is 1.04 bits per heavy atom. The SMILES string of the molecule is C.Clc1ccccc1-c1nc2c(c(Nc3ncn[nH]3)n1)CCCCC2. The summed E-state index contributed by atoms with van der Waals surface area (Å²) in [6.45, 7) is 0. The lowest BCUT2D eigenvalue weighted by Gasteiger charge is -2.14. The molecule has 0 radical (unpaired) electrons. The zero-order valence-corrected chi connectivity index (χ0v) is 13.8. The van der Waals surface area contributed by atoms with Crippen LogP contribution in [0.15, 0.2) is 30.6 Å². The van der Waals surface area contributed by atoms with Crippen LogP contribution in [0, 0.1) is 0 Å². The Kier molecular flexibility index (Phi) is 5.28. The fraction of sp³-hybridized carbons (Fsp3) is 0.333. The summed E-state index contributed by atoms with van der Waals surface area (Å²) < 4.78 is 0. The second-order valence-electron chi connectivity index (χ2n) is 5.82. The summed E-state index contributed by atoms with van der Waals surface area (Å²) in [6.07, 6.45) is 6.90. The van der Waals surface area contributed by atoms with Crippen molar-refractivity contribution in [3.63, 3.8) is 0 Å². The van der Waals surface area contributed by atoms with E-state index in [1.807, 2.05) is 24.3 Å². The minimum Gasteiger partial charge on any atom is -0.309 e. The van der Waals surface area contributed by atoms with Gasteiger partial charge < -0.3 is 5.32 Å². The number of nitrogens with zero attached hydrogens (tertiary/aromatic N) is 4. The summed E-state index contributed by atoms with van der Waals surface area (Å²) in [6, 6.07) is 7.65. The Balaban J connectivity index is 0.00000182. The number of fused-ring (bicyclic) bond motifs is 1. The van der Waals surface area contributed by atoms with Crippen molar-refractivity contribution in [1.82, 2.24) is 25.1 Å². The van der Waals surface area contributed by atoms with E-state index in [4.69, 9.17) is 21.6 Å². The first-order valence-corrected chi connectivity index (χ1v) is 8.46. The van der Waals surface area contributed by atoms with Gasteiger partial charge in [0.15, 0.2) is 5.82 Å². The molecule has 4 rings (SSSR count). The summed E-state index contributed by atoms with van der Waals surface area (Å²) in [5, 5.41) is 10.6. The van der Waals surface area contributed by atoms with Gasteiger partial charge in [0.25, 0.3) is 0 Å². The molecule has 1 aliphatic carbocycles. The molecule has 6 nitrogen and oxygen atoms in total. The van der Waals surface area contributed by atoms with Crippen molar-refractivity contribution in [3.05, 3.63) is 46.9 Å². The molecule has 0 saturated heterocycles. The third-order valence-electron chi connectivity index (χ3n) is 4.20. The number of H-pyrrole nitrogens is 1. The van der Waals surface area contributed by atoms with Gasteiger partial charge in [-0.2, -0.15) is 10.1 Å². The number of aromatic amines is 1. The molecule has 3 aromatic rings. The molecule has 1 aromatic carbocycles. The molecule has 2 N–H and O–H groups in total. The molecule has 0 amide bonds.